The molecule has 5 rings (SSSR count). The van der Waals surface area contributed by atoms with Gasteiger partial charge in [0, 0.05) is 5.56 Å². The van der Waals surface area contributed by atoms with E-state index in [0.29, 0.717) is 17.4 Å². The van der Waals surface area contributed by atoms with Gasteiger partial charge in [0.15, 0.2) is 28.4 Å². The first-order valence-corrected chi connectivity index (χ1v) is 8.88. The average Bonchev–Trinajstić information content (AvgIpc) is 3.28. The van der Waals surface area contributed by atoms with E-state index >= 15 is 0 Å². The summed E-state index contributed by atoms with van der Waals surface area (Å²) in [5.41, 5.74) is 0.918. The second-order valence-electron chi connectivity index (χ2n) is 5.75. The number of benzene rings is 2. The van der Waals surface area contributed by atoms with Gasteiger partial charge >= 0.3 is 0 Å². The molecule has 0 saturated heterocycles. The van der Waals surface area contributed by atoms with Crippen molar-refractivity contribution in [2.45, 2.75) is 6.10 Å². The van der Waals surface area contributed by atoms with E-state index in [1.165, 1.54) is 11.3 Å². The number of methoxy groups -OCH3 is 1. The number of para-hydroxylation sites is 2. The van der Waals surface area contributed by atoms with E-state index in [1.54, 1.807) is 11.6 Å². The van der Waals surface area contributed by atoms with E-state index in [4.69, 9.17) is 14.2 Å². The molecule has 3 heterocycles. The molecular formula is C18H14N4O3S. The summed E-state index contributed by atoms with van der Waals surface area (Å²) in [6.45, 7) is 0.416. The molecule has 0 N–H and O–H groups in total. The zero-order chi connectivity index (χ0) is 17.5. The first-order chi connectivity index (χ1) is 12.8. The average molecular weight is 366 g/mol. The van der Waals surface area contributed by atoms with Crippen molar-refractivity contribution in [2.75, 3.05) is 13.7 Å². The van der Waals surface area contributed by atoms with Gasteiger partial charge in [-0.05, 0) is 36.4 Å². The lowest BCUT2D eigenvalue weighted by Gasteiger charge is -2.24. The SMILES string of the molecule is COc1ccc(-c2nnc3sc([C@@H]4COc5ccccc5O4)nn23)cc1. The molecule has 2 aromatic heterocycles. The highest BCUT2D eigenvalue weighted by atomic mass is 32.1. The van der Waals surface area contributed by atoms with Gasteiger partial charge in [0.2, 0.25) is 4.96 Å². The van der Waals surface area contributed by atoms with Crippen molar-refractivity contribution in [3.8, 4) is 28.6 Å². The van der Waals surface area contributed by atoms with Crippen LogP contribution in [0.4, 0.5) is 0 Å². The predicted molar refractivity (Wildman–Crippen MR) is 96.0 cm³/mol. The molecule has 130 valence electrons. The Kier molecular flexibility index (Phi) is 3.49. The number of aromatic nitrogens is 4. The molecule has 26 heavy (non-hydrogen) atoms. The second kappa shape index (κ2) is 5.99. The van der Waals surface area contributed by atoms with Crippen molar-refractivity contribution in [3.05, 3.63) is 53.5 Å². The lowest BCUT2D eigenvalue weighted by molar-refractivity contribution is 0.0904. The molecule has 8 heteroatoms. The smallest absolute Gasteiger partial charge is 0.235 e. The lowest BCUT2D eigenvalue weighted by atomic mass is 10.2. The fraction of sp³-hybridized carbons (Fsp3) is 0.167. The van der Waals surface area contributed by atoms with Crippen LogP contribution in [0, 0.1) is 0 Å². The first kappa shape index (κ1) is 15.2. The van der Waals surface area contributed by atoms with Gasteiger partial charge in [0.05, 0.1) is 7.11 Å². The van der Waals surface area contributed by atoms with Crippen molar-refractivity contribution in [1.29, 1.82) is 0 Å². The summed E-state index contributed by atoms with van der Waals surface area (Å²) in [5.74, 6) is 2.96. The summed E-state index contributed by atoms with van der Waals surface area (Å²) < 4.78 is 18.8. The predicted octanol–water partition coefficient (Wildman–Crippen LogP) is 3.37. The Morgan fingerprint density at radius 1 is 1.08 bits per heavy atom. The quantitative estimate of drug-likeness (QED) is 0.554. The van der Waals surface area contributed by atoms with Gasteiger partial charge in [-0.3, -0.25) is 0 Å². The molecule has 1 aliphatic rings. The number of rotatable bonds is 3. The minimum absolute atomic E-state index is 0.264. The summed E-state index contributed by atoms with van der Waals surface area (Å²) in [4.78, 5) is 0.716. The van der Waals surface area contributed by atoms with Crippen molar-refractivity contribution >= 4 is 16.3 Å². The van der Waals surface area contributed by atoms with Crippen LogP contribution in [-0.4, -0.2) is 33.5 Å². The Morgan fingerprint density at radius 2 is 1.88 bits per heavy atom. The summed E-state index contributed by atoms with van der Waals surface area (Å²) in [6.07, 6.45) is -0.264. The summed E-state index contributed by atoms with van der Waals surface area (Å²) in [7, 11) is 1.64. The first-order valence-electron chi connectivity index (χ1n) is 8.07. The third kappa shape index (κ3) is 2.46. The fourth-order valence-corrected chi connectivity index (χ4v) is 3.68. The van der Waals surface area contributed by atoms with Crippen LogP contribution in [0.5, 0.6) is 17.2 Å². The molecule has 4 aromatic rings. The Labute approximate surface area is 152 Å². The minimum atomic E-state index is -0.264. The number of hydrogen-bond donors (Lipinski definition) is 0. The largest absolute Gasteiger partial charge is 0.497 e. The van der Waals surface area contributed by atoms with Gasteiger partial charge in [-0.15, -0.1) is 10.2 Å². The zero-order valence-electron chi connectivity index (χ0n) is 13.8. The molecular weight excluding hydrogens is 352 g/mol. The third-order valence-corrected chi connectivity index (χ3v) is 5.13. The molecule has 0 amide bonds. The Morgan fingerprint density at radius 3 is 2.69 bits per heavy atom. The molecule has 0 saturated carbocycles. The van der Waals surface area contributed by atoms with E-state index in [9.17, 15) is 0 Å². The van der Waals surface area contributed by atoms with E-state index in [2.05, 4.69) is 15.3 Å². The molecule has 0 fully saturated rings. The van der Waals surface area contributed by atoms with Gasteiger partial charge in [0.1, 0.15) is 12.4 Å². The highest BCUT2D eigenvalue weighted by Gasteiger charge is 2.27. The standard InChI is InChI=1S/C18H14N4O3S/c1-23-12-8-6-11(7-9-12)16-19-20-18-22(16)21-17(26-18)15-10-24-13-4-2-3-5-14(13)25-15/h2-9,15H,10H2,1H3/t15-/m0/s1. The topological polar surface area (TPSA) is 70.8 Å². The minimum Gasteiger partial charge on any atom is -0.497 e. The van der Waals surface area contributed by atoms with Crippen LogP contribution in [0.15, 0.2) is 48.5 Å². The van der Waals surface area contributed by atoms with Crippen molar-refractivity contribution < 1.29 is 14.2 Å². The molecule has 0 unspecified atom stereocenters. The maximum atomic E-state index is 6.04. The summed E-state index contributed by atoms with van der Waals surface area (Å²) in [5, 5.41) is 14.0. The lowest BCUT2D eigenvalue weighted by Crippen LogP contribution is -2.21. The molecule has 0 aliphatic carbocycles. The van der Waals surface area contributed by atoms with Gasteiger partial charge in [-0.25, -0.2) is 0 Å². The number of fused-ring (bicyclic) bond motifs is 2. The third-order valence-electron chi connectivity index (χ3n) is 4.14. The van der Waals surface area contributed by atoms with E-state index < -0.39 is 0 Å². The Balaban J connectivity index is 1.48. The number of hydrogen-bond acceptors (Lipinski definition) is 7. The fourth-order valence-electron chi connectivity index (χ4n) is 2.82. The monoisotopic (exact) mass is 366 g/mol. The van der Waals surface area contributed by atoms with E-state index in [1.807, 2.05) is 48.5 Å². The van der Waals surface area contributed by atoms with Crippen molar-refractivity contribution in [2.24, 2.45) is 0 Å². The molecule has 0 bridgehead atoms. The number of ether oxygens (including phenoxy) is 3. The molecule has 7 nitrogen and oxygen atoms in total. The van der Waals surface area contributed by atoms with Gasteiger partial charge < -0.3 is 14.2 Å². The van der Waals surface area contributed by atoms with Crippen molar-refractivity contribution in [3.63, 3.8) is 0 Å². The van der Waals surface area contributed by atoms with Gasteiger partial charge in [-0.2, -0.15) is 9.61 Å². The molecule has 0 spiro atoms. The Bertz CT molecular complexity index is 1070. The highest BCUT2D eigenvalue weighted by molar-refractivity contribution is 7.16. The van der Waals surface area contributed by atoms with Crippen LogP contribution in [0.25, 0.3) is 16.3 Å². The molecule has 0 radical (unpaired) electrons. The second-order valence-corrected chi connectivity index (χ2v) is 6.74. The summed E-state index contributed by atoms with van der Waals surface area (Å²) >= 11 is 1.45. The van der Waals surface area contributed by atoms with Crippen molar-refractivity contribution in [1.82, 2.24) is 19.8 Å². The maximum absolute atomic E-state index is 6.04. The normalized spacial score (nSPS) is 16.0. The zero-order valence-corrected chi connectivity index (χ0v) is 14.6. The van der Waals surface area contributed by atoms with Gasteiger partial charge in [-0.1, -0.05) is 23.5 Å². The maximum Gasteiger partial charge on any atom is 0.235 e. The van der Waals surface area contributed by atoms with E-state index in [0.717, 1.165) is 27.8 Å². The van der Waals surface area contributed by atoms with Crippen LogP contribution >= 0.6 is 11.3 Å². The Hall–Kier alpha value is -3.13. The highest BCUT2D eigenvalue weighted by Crippen LogP contribution is 2.37. The van der Waals surface area contributed by atoms with Crippen LogP contribution in [-0.2, 0) is 0 Å². The molecule has 2 aromatic carbocycles. The number of nitrogens with zero attached hydrogens (tertiary/aromatic N) is 4. The van der Waals surface area contributed by atoms with Crippen LogP contribution in [0.2, 0.25) is 0 Å². The van der Waals surface area contributed by atoms with Crippen LogP contribution < -0.4 is 14.2 Å². The summed E-state index contributed by atoms with van der Waals surface area (Å²) in [6, 6.07) is 15.3. The van der Waals surface area contributed by atoms with E-state index in [-0.39, 0.29) is 6.10 Å². The van der Waals surface area contributed by atoms with Crippen LogP contribution in [0.3, 0.4) is 0 Å². The van der Waals surface area contributed by atoms with Gasteiger partial charge in [0.25, 0.3) is 0 Å². The molecule has 1 aliphatic heterocycles. The van der Waals surface area contributed by atoms with Crippen LogP contribution in [0.1, 0.15) is 11.1 Å². The molecule has 1 atom stereocenters.